The summed E-state index contributed by atoms with van der Waals surface area (Å²) in [7, 11) is 0. The number of hydrogen-bond donors (Lipinski definition) is 0. The van der Waals surface area contributed by atoms with Crippen molar-refractivity contribution in [2.24, 2.45) is 0 Å². The van der Waals surface area contributed by atoms with Gasteiger partial charge in [0.25, 0.3) is 0 Å². The van der Waals surface area contributed by atoms with Crippen molar-refractivity contribution in [2.45, 2.75) is 0 Å². The van der Waals surface area contributed by atoms with Crippen molar-refractivity contribution in [1.82, 2.24) is 0 Å². The van der Waals surface area contributed by atoms with Gasteiger partial charge in [-0.1, -0.05) is 0 Å². The fourth-order valence-corrected chi connectivity index (χ4v) is 0. The monoisotopic (exact) mass is 357 g/mol. The van der Waals surface area contributed by atoms with Crippen LogP contribution in [0.1, 0.15) is 0 Å². The summed E-state index contributed by atoms with van der Waals surface area (Å²) in [5.41, 5.74) is 0. The van der Waals surface area contributed by atoms with E-state index in [0.29, 0.717) is 0 Å². The van der Waals surface area contributed by atoms with Gasteiger partial charge >= 0.3 is 51.1 Å². The Bertz CT molecular complexity index is 16.0. The van der Waals surface area contributed by atoms with E-state index in [-0.39, 0.29) is 21.9 Å². The van der Waals surface area contributed by atoms with Crippen molar-refractivity contribution in [3.05, 3.63) is 0 Å². The summed E-state index contributed by atoms with van der Waals surface area (Å²) < 4.78 is 0. The van der Waals surface area contributed by atoms with E-state index in [1.54, 1.807) is 0 Å². The minimum atomic E-state index is -0.896. The standard InChI is InChI=1S/3BrH.4H2O.Ti/h3*1H;4*1H2;/q;;;;;;;+3/p-3. The molecule has 0 aliphatic heterocycles. The van der Waals surface area contributed by atoms with Crippen molar-refractivity contribution in [2.75, 3.05) is 0 Å². The Morgan fingerprint density at radius 3 is 0.625 bits per heavy atom. The molecule has 0 aliphatic rings. The van der Waals surface area contributed by atoms with Gasteiger partial charge in [0.05, 0.1) is 0 Å². The molecule has 0 saturated heterocycles. The first kappa shape index (κ1) is 32.4. The van der Waals surface area contributed by atoms with Crippen LogP contribution in [0.4, 0.5) is 0 Å². The molecule has 0 radical (unpaired) electrons. The van der Waals surface area contributed by atoms with Crippen LogP contribution in [0.25, 0.3) is 0 Å². The van der Waals surface area contributed by atoms with Gasteiger partial charge in [0.2, 0.25) is 0 Å². The van der Waals surface area contributed by atoms with E-state index in [4.69, 9.17) is 0 Å². The van der Waals surface area contributed by atoms with Gasteiger partial charge in [0.1, 0.15) is 0 Å². The second-order valence-electron chi connectivity index (χ2n) is 0.214. The van der Waals surface area contributed by atoms with Crippen LogP contribution < -0.4 is 0 Å². The first-order valence-corrected chi connectivity index (χ1v) is 12.1. The second kappa shape index (κ2) is 23.0. The van der Waals surface area contributed by atoms with Crippen molar-refractivity contribution < 1.29 is 33.5 Å². The van der Waals surface area contributed by atoms with Crippen molar-refractivity contribution in [3.8, 4) is 0 Å². The van der Waals surface area contributed by atoms with Gasteiger partial charge in [-0.2, -0.15) is 0 Å². The molecule has 0 rings (SSSR count). The van der Waals surface area contributed by atoms with E-state index in [9.17, 15) is 0 Å². The maximum absolute atomic E-state index is 3.27. The van der Waals surface area contributed by atoms with Crippen LogP contribution in [-0.2, 0) is 11.6 Å². The molecule has 4 nitrogen and oxygen atoms in total. The van der Waals surface area contributed by atoms with E-state index in [1.165, 1.54) is 0 Å². The summed E-state index contributed by atoms with van der Waals surface area (Å²) >= 11 is 8.92. The Labute approximate surface area is 72.2 Å². The van der Waals surface area contributed by atoms with Gasteiger partial charge in [-0.05, 0) is 0 Å². The minimum absolute atomic E-state index is 0. The fraction of sp³-hybridized carbons (Fsp3) is 0. The molecule has 0 fully saturated rings. The summed E-state index contributed by atoms with van der Waals surface area (Å²) in [4.78, 5) is 0. The summed E-state index contributed by atoms with van der Waals surface area (Å²) in [6.07, 6.45) is 0. The van der Waals surface area contributed by atoms with E-state index in [0.717, 1.165) is 0 Å². The zero-order chi connectivity index (χ0) is 3.58. The van der Waals surface area contributed by atoms with E-state index in [2.05, 4.69) is 39.5 Å². The van der Waals surface area contributed by atoms with Gasteiger partial charge in [-0.25, -0.2) is 0 Å². The molecule has 0 bridgehead atoms. The van der Waals surface area contributed by atoms with Crippen LogP contribution >= 0.6 is 39.5 Å². The third-order valence-electron chi connectivity index (χ3n) is 0. The Morgan fingerprint density at radius 1 is 0.625 bits per heavy atom. The summed E-state index contributed by atoms with van der Waals surface area (Å²) in [5, 5.41) is 0. The third-order valence-corrected chi connectivity index (χ3v) is 0. The van der Waals surface area contributed by atoms with Gasteiger partial charge in [0.15, 0.2) is 0 Å². The van der Waals surface area contributed by atoms with Gasteiger partial charge in [-0.3, -0.25) is 0 Å². The molecule has 0 heterocycles. The fourth-order valence-electron chi connectivity index (χ4n) is 0. The molecule has 0 amide bonds. The number of hydrogen-bond acceptors (Lipinski definition) is 0. The van der Waals surface area contributed by atoms with Crippen molar-refractivity contribution >= 4 is 39.5 Å². The quantitative estimate of drug-likeness (QED) is 0.504. The first-order chi connectivity index (χ1) is 1.73. The number of rotatable bonds is 0. The third kappa shape index (κ3) is 98.3. The Balaban J connectivity index is -0.00000000750. The van der Waals surface area contributed by atoms with Crippen LogP contribution in [0.3, 0.4) is 0 Å². The molecule has 8 heteroatoms. The Hall–Kier alpha value is 1.99. The van der Waals surface area contributed by atoms with E-state index >= 15 is 0 Å². The normalized spacial score (nSPS) is 3.38. The first-order valence-electron chi connectivity index (χ1n) is 0.567. The maximum atomic E-state index is 3.27. The molecular formula is H8Br3O4Ti. The molecular weight excluding hydrogens is 352 g/mol. The zero-order valence-electron chi connectivity index (χ0n) is 3.63. The molecule has 0 atom stereocenters. The summed E-state index contributed by atoms with van der Waals surface area (Å²) in [5.74, 6) is 0. The molecule has 57 valence electrons. The van der Waals surface area contributed by atoms with Gasteiger partial charge < -0.3 is 21.9 Å². The zero-order valence-corrected chi connectivity index (χ0v) is 9.95. The van der Waals surface area contributed by atoms with Crippen molar-refractivity contribution in [3.63, 3.8) is 0 Å². The summed E-state index contributed by atoms with van der Waals surface area (Å²) in [6.45, 7) is 0. The van der Waals surface area contributed by atoms with Crippen LogP contribution in [0.15, 0.2) is 0 Å². The molecule has 8 N–H and O–H groups in total. The van der Waals surface area contributed by atoms with Crippen LogP contribution in [0.5, 0.6) is 0 Å². The van der Waals surface area contributed by atoms with E-state index in [1.807, 2.05) is 0 Å². The molecule has 0 aromatic carbocycles. The molecule has 0 unspecified atom stereocenters. The summed E-state index contributed by atoms with van der Waals surface area (Å²) in [6, 6.07) is 0. The Kier molecular flexibility index (Phi) is 93.4. The Morgan fingerprint density at radius 2 is 0.625 bits per heavy atom. The van der Waals surface area contributed by atoms with Crippen LogP contribution in [0.2, 0.25) is 0 Å². The number of halogens is 3. The molecule has 0 aromatic rings. The second-order valence-corrected chi connectivity index (χ2v) is 23.9. The topological polar surface area (TPSA) is 126 Å². The van der Waals surface area contributed by atoms with Gasteiger partial charge in [-0.15, -0.1) is 0 Å². The molecule has 0 aromatic heterocycles. The molecule has 0 spiro atoms. The predicted molar refractivity (Wildman–Crippen MR) is 41.2 cm³/mol. The molecule has 8 heavy (non-hydrogen) atoms. The van der Waals surface area contributed by atoms with Crippen LogP contribution in [0, 0.1) is 0 Å². The van der Waals surface area contributed by atoms with Gasteiger partial charge in [0, 0.05) is 0 Å². The van der Waals surface area contributed by atoms with E-state index < -0.39 is 11.6 Å². The SMILES string of the molecule is O.O.O.O.[Br][Ti]([Br])[Br]. The van der Waals surface area contributed by atoms with Crippen LogP contribution in [-0.4, -0.2) is 21.9 Å². The average molecular weight is 360 g/mol. The predicted octanol–water partition coefficient (Wildman–Crippen LogP) is -0.765. The molecule has 0 saturated carbocycles. The van der Waals surface area contributed by atoms with Crippen molar-refractivity contribution in [1.29, 1.82) is 0 Å². The average Bonchev–Trinajstić information content (AvgIpc) is 0.811. The molecule has 0 aliphatic carbocycles.